The number of methoxy groups -OCH3 is 1. The van der Waals surface area contributed by atoms with Crippen molar-refractivity contribution in [3.63, 3.8) is 0 Å². The minimum absolute atomic E-state index is 0.0674. The van der Waals surface area contributed by atoms with E-state index in [-0.39, 0.29) is 34.3 Å². The molecular formula is C22H18F2N6O4. The molecule has 0 unspecified atom stereocenters. The molecule has 0 atom stereocenters. The fraction of sp³-hybridized carbons (Fsp3) is 0.227. The summed E-state index contributed by atoms with van der Waals surface area (Å²) in [4.78, 5) is 34.2. The second-order valence-electron chi connectivity index (χ2n) is 7.83. The van der Waals surface area contributed by atoms with E-state index >= 15 is 0 Å². The van der Waals surface area contributed by atoms with Gasteiger partial charge in [0.25, 0.3) is 11.8 Å². The fourth-order valence-electron chi connectivity index (χ4n) is 3.68. The van der Waals surface area contributed by atoms with E-state index in [1.807, 2.05) is 0 Å². The first-order chi connectivity index (χ1) is 16.3. The van der Waals surface area contributed by atoms with Crippen molar-refractivity contribution in [2.24, 2.45) is 0 Å². The van der Waals surface area contributed by atoms with Gasteiger partial charge in [0.1, 0.15) is 23.0 Å². The van der Waals surface area contributed by atoms with Gasteiger partial charge in [-0.3, -0.25) is 9.20 Å². The number of imidazole rings is 1. The summed E-state index contributed by atoms with van der Waals surface area (Å²) in [6.45, 7) is 2.28. The SMILES string of the molecule is COC(=O)N1CC(c2noc(-c3cc(F)c(C)c(NC(=O)c4cnc5ccc(F)cn45)c3)n2)C1. The molecule has 1 aliphatic heterocycles. The van der Waals surface area contributed by atoms with Gasteiger partial charge in [-0.25, -0.2) is 18.6 Å². The van der Waals surface area contributed by atoms with Crippen molar-refractivity contribution in [2.45, 2.75) is 12.8 Å². The highest BCUT2D eigenvalue weighted by Gasteiger charge is 2.35. The van der Waals surface area contributed by atoms with Gasteiger partial charge in [0.15, 0.2) is 5.82 Å². The Bertz CT molecular complexity index is 1430. The summed E-state index contributed by atoms with van der Waals surface area (Å²) < 4.78 is 39.6. The molecule has 1 aromatic carbocycles. The molecule has 0 aliphatic carbocycles. The monoisotopic (exact) mass is 468 g/mol. The van der Waals surface area contributed by atoms with E-state index in [2.05, 4.69) is 25.2 Å². The summed E-state index contributed by atoms with van der Waals surface area (Å²) in [5.41, 5.74) is 1.13. The van der Waals surface area contributed by atoms with Crippen LogP contribution in [0.5, 0.6) is 0 Å². The van der Waals surface area contributed by atoms with Gasteiger partial charge in [-0.15, -0.1) is 0 Å². The van der Waals surface area contributed by atoms with Gasteiger partial charge in [-0.1, -0.05) is 5.16 Å². The number of ether oxygens (including phenoxy) is 1. The highest BCUT2D eigenvalue weighted by Crippen LogP contribution is 2.30. The van der Waals surface area contributed by atoms with E-state index in [9.17, 15) is 18.4 Å². The molecule has 4 heterocycles. The normalized spacial score (nSPS) is 13.7. The predicted octanol–water partition coefficient (Wildman–Crippen LogP) is 3.39. The molecule has 12 heteroatoms. The first kappa shape index (κ1) is 21.5. The standard InChI is InChI=1S/C22H18F2N6O4/c1-11-15(24)5-12(21-27-19(28-34-21)13-8-29(9-13)22(32)33-2)6-16(11)26-20(31)17-7-25-18-4-3-14(23)10-30(17)18/h3-7,10,13H,8-9H2,1-2H3,(H,26,31). The largest absolute Gasteiger partial charge is 0.453 e. The maximum Gasteiger partial charge on any atom is 0.409 e. The number of nitrogens with zero attached hydrogens (tertiary/aromatic N) is 5. The summed E-state index contributed by atoms with van der Waals surface area (Å²) in [6, 6.07) is 5.42. The van der Waals surface area contributed by atoms with Crippen LogP contribution < -0.4 is 5.32 Å². The van der Waals surface area contributed by atoms with Gasteiger partial charge < -0.3 is 19.5 Å². The third-order valence-electron chi connectivity index (χ3n) is 5.66. The van der Waals surface area contributed by atoms with Crippen molar-refractivity contribution in [1.29, 1.82) is 0 Å². The fourth-order valence-corrected chi connectivity index (χ4v) is 3.68. The second kappa shape index (κ2) is 8.21. The molecule has 10 nitrogen and oxygen atoms in total. The van der Waals surface area contributed by atoms with Crippen LogP contribution in [0.2, 0.25) is 0 Å². The first-order valence-corrected chi connectivity index (χ1v) is 10.2. The Morgan fingerprint density at radius 1 is 1.24 bits per heavy atom. The lowest BCUT2D eigenvalue weighted by molar-refractivity contribution is 0.0857. The van der Waals surface area contributed by atoms with Crippen LogP contribution in [0, 0.1) is 18.6 Å². The molecule has 5 rings (SSSR count). The van der Waals surface area contributed by atoms with Crippen LogP contribution in [0.15, 0.2) is 41.2 Å². The van der Waals surface area contributed by atoms with Crippen LogP contribution >= 0.6 is 0 Å². The molecule has 1 fully saturated rings. The number of fused-ring (bicyclic) bond motifs is 1. The molecular weight excluding hydrogens is 450 g/mol. The molecule has 1 saturated heterocycles. The van der Waals surface area contributed by atoms with E-state index < -0.39 is 23.6 Å². The summed E-state index contributed by atoms with van der Waals surface area (Å²) in [7, 11) is 1.30. The Labute approximate surface area is 191 Å². The Morgan fingerprint density at radius 2 is 2.03 bits per heavy atom. The molecule has 0 bridgehead atoms. The number of rotatable bonds is 4. The van der Waals surface area contributed by atoms with Crippen LogP contribution in [0.3, 0.4) is 0 Å². The summed E-state index contributed by atoms with van der Waals surface area (Å²) in [5.74, 6) is -1.38. The first-order valence-electron chi connectivity index (χ1n) is 10.2. The van der Waals surface area contributed by atoms with Crippen LogP contribution in [0.25, 0.3) is 17.1 Å². The number of carbonyl (C=O) groups excluding carboxylic acids is 2. The predicted molar refractivity (Wildman–Crippen MR) is 114 cm³/mol. The van der Waals surface area contributed by atoms with E-state index in [0.29, 0.717) is 24.6 Å². The number of hydrogen-bond donors (Lipinski definition) is 1. The minimum Gasteiger partial charge on any atom is -0.453 e. The summed E-state index contributed by atoms with van der Waals surface area (Å²) in [5, 5.41) is 6.58. The molecule has 2 amide bonds. The summed E-state index contributed by atoms with van der Waals surface area (Å²) >= 11 is 0. The zero-order valence-electron chi connectivity index (χ0n) is 18.1. The molecule has 0 spiro atoms. The second-order valence-corrected chi connectivity index (χ2v) is 7.83. The van der Waals surface area contributed by atoms with E-state index in [4.69, 9.17) is 4.52 Å². The van der Waals surface area contributed by atoms with E-state index in [1.165, 1.54) is 53.8 Å². The van der Waals surface area contributed by atoms with Gasteiger partial charge in [0.2, 0.25) is 0 Å². The maximum absolute atomic E-state index is 14.7. The number of likely N-dealkylation sites (tertiary alicyclic amines) is 1. The Kier molecular flexibility index (Phi) is 5.19. The van der Waals surface area contributed by atoms with Gasteiger partial charge in [-0.05, 0) is 31.2 Å². The van der Waals surface area contributed by atoms with Gasteiger partial charge in [0, 0.05) is 36.1 Å². The number of pyridine rings is 1. The van der Waals surface area contributed by atoms with Crippen LogP contribution in [0.1, 0.15) is 27.8 Å². The molecule has 3 aromatic heterocycles. The highest BCUT2D eigenvalue weighted by molar-refractivity contribution is 6.04. The zero-order valence-corrected chi connectivity index (χ0v) is 18.1. The quantitative estimate of drug-likeness (QED) is 0.488. The van der Waals surface area contributed by atoms with E-state index in [0.717, 1.165) is 6.20 Å². The van der Waals surface area contributed by atoms with Gasteiger partial charge in [0.05, 0.1) is 19.2 Å². The molecule has 4 aromatic rings. The van der Waals surface area contributed by atoms with Crippen LogP contribution in [-0.2, 0) is 4.74 Å². The smallest absolute Gasteiger partial charge is 0.409 e. The molecule has 174 valence electrons. The number of carbonyl (C=O) groups is 2. The van der Waals surface area contributed by atoms with Crippen molar-refractivity contribution < 1.29 is 27.6 Å². The number of anilines is 1. The molecule has 34 heavy (non-hydrogen) atoms. The Morgan fingerprint density at radius 3 is 2.79 bits per heavy atom. The molecule has 1 N–H and O–H groups in total. The average molecular weight is 468 g/mol. The molecule has 0 saturated carbocycles. The maximum atomic E-state index is 14.7. The number of benzene rings is 1. The van der Waals surface area contributed by atoms with Crippen molar-refractivity contribution >= 4 is 23.3 Å². The molecule has 0 radical (unpaired) electrons. The number of halogens is 2. The minimum atomic E-state index is -0.596. The van der Waals surface area contributed by atoms with Gasteiger partial charge >= 0.3 is 6.09 Å². The Balaban J connectivity index is 1.38. The number of nitrogens with one attached hydrogen (secondary N) is 1. The molecule has 1 aliphatic rings. The zero-order chi connectivity index (χ0) is 24.0. The summed E-state index contributed by atoms with van der Waals surface area (Å²) in [6.07, 6.45) is 2.01. The number of amides is 2. The van der Waals surface area contributed by atoms with Crippen molar-refractivity contribution in [2.75, 3.05) is 25.5 Å². The highest BCUT2D eigenvalue weighted by atomic mass is 19.1. The van der Waals surface area contributed by atoms with Crippen molar-refractivity contribution in [3.05, 3.63) is 65.4 Å². The lowest BCUT2D eigenvalue weighted by atomic mass is 10.0. The Hall–Kier alpha value is -4.35. The topological polar surface area (TPSA) is 115 Å². The van der Waals surface area contributed by atoms with Crippen LogP contribution in [0.4, 0.5) is 19.3 Å². The lowest BCUT2D eigenvalue weighted by Gasteiger charge is -2.35. The van der Waals surface area contributed by atoms with Crippen molar-refractivity contribution in [1.82, 2.24) is 24.4 Å². The third-order valence-corrected chi connectivity index (χ3v) is 5.66. The third kappa shape index (κ3) is 3.72. The number of aromatic nitrogens is 4. The van der Waals surface area contributed by atoms with E-state index in [1.54, 1.807) is 0 Å². The number of hydrogen-bond acceptors (Lipinski definition) is 7. The lowest BCUT2D eigenvalue weighted by Crippen LogP contribution is -2.48. The van der Waals surface area contributed by atoms with Crippen molar-refractivity contribution in [3.8, 4) is 11.5 Å². The average Bonchev–Trinajstić information content (AvgIpc) is 3.42. The van der Waals surface area contributed by atoms with Gasteiger partial charge in [-0.2, -0.15) is 4.98 Å². The van der Waals surface area contributed by atoms with Crippen LogP contribution in [-0.4, -0.2) is 56.6 Å².